The number of amides is 2. The van der Waals surface area contributed by atoms with Crippen molar-refractivity contribution in [2.75, 3.05) is 11.9 Å². The molecule has 10 heteroatoms. The molecule has 0 fully saturated rings. The number of nitro groups is 1. The molecule has 10 nitrogen and oxygen atoms in total. The molecule has 0 saturated carbocycles. The molecule has 0 spiro atoms. The average molecular weight is 386 g/mol. The monoisotopic (exact) mass is 386 g/mol. The van der Waals surface area contributed by atoms with Gasteiger partial charge in [0.05, 0.1) is 17.7 Å². The minimum absolute atomic E-state index is 0.0956. The fourth-order valence-corrected chi connectivity index (χ4v) is 2.20. The maximum absolute atomic E-state index is 11.9. The number of benzene rings is 2. The zero-order valence-electron chi connectivity index (χ0n) is 15.1. The van der Waals surface area contributed by atoms with Crippen molar-refractivity contribution in [1.82, 2.24) is 5.43 Å². The Bertz CT molecular complexity index is 942. The van der Waals surface area contributed by atoms with Gasteiger partial charge < -0.3 is 15.2 Å². The summed E-state index contributed by atoms with van der Waals surface area (Å²) in [7, 11) is 0. The lowest BCUT2D eigenvalue weighted by Crippen LogP contribution is -2.32. The number of carbonyl (C=O) groups is 2. The predicted molar refractivity (Wildman–Crippen MR) is 101 cm³/mol. The summed E-state index contributed by atoms with van der Waals surface area (Å²) in [4.78, 5) is 34.0. The lowest BCUT2D eigenvalue weighted by atomic mass is 10.2. The molecule has 2 aromatic carbocycles. The lowest BCUT2D eigenvalue weighted by Gasteiger charge is -2.07. The van der Waals surface area contributed by atoms with Crippen molar-refractivity contribution in [3.63, 3.8) is 0 Å². The molecule has 0 heterocycles. The van der Waals surface area contributed by atoms with Crippen LogP contribution in [0.1, 0.15) is 18.1 Å². The zero-order chi connectivity index (χ0) is 20.7. The van der Waals surface area contributed by atoms with Crippen LogP contribution >= 0.6 is 0 Å². The van der Waals surface area contributed by atoms with E-state index in [0.717, 1.165) is 17.8 Å². The molecule has 0 aliphatic carbocycles. The van der Waals surface area contributed by atoms with Crippen LogP contribution in [-0.2, 0) is 9.59 Å². The highest BCUT2D eigenvalue weighted by molar-refractivity contribution is 6.39. The number of phenols is 1. The van der Waals surface area contributed by atoms with Crippen LogP contribution in [-0.4, -0.2) is 34.7 Å². The van der Waals surface area contributed by atoms with Gasteiger partial charge in [0.2, 0.25) is 5.75 Å². The molecule has 0 radical (unpaired) electrons. The number of hydrogen-bond donors (Lipinski definition) is 3. The number of anilines is 1. The van der Waals surface area contributed by atoms with Gasteiger partial charge in [-0.15, -0.1) is 0 Å². The van der Waals surface area contributed by atoms with Crippen LogP contribution in [0, 0.1) is 17.0 Å². The van der Waals surface area contributed by atoms with Crippen LogP contribution in [0.5, 0.6) is 11.5 Å². The second kappa shape index (κ2) is 9.12. The van der Waals surface area contributed by atoms with Crippen LogP contribution in [0.2, 0.25) is 0 Å². The van der Waals surface area contributed by atoms with Crippen molar-refractivity contribution in [3.05, 3.63) is 57.6 Å². The molecule has 3 N–H and O–H groups in total. The molecule has 2 amide bonds. The summed E-state index contributed by atoms with van der Waals surface area (Å²) in [5, 5.41) is 26.9. The van der Waals surface area contributed by atoms with Gasteiger partial charge in [-0.25, -0.2) is 5.43 Å². The van der Waals surface area contributed by atoms with Gasteiger partial charge in [-0.05, 0) is 31.5 Å². The third-order valence-corrected chi connectivity index (χ3v) is 3.55. The van der Waals surface area contributed by atoms with Crippen LogP contribution in [0.25, 0.3) is 0 Å². The molecule has 0 bridgehead atoms. The highest BCUT2D eigenvalue weighted by Crippen LogP contribution is 2.36. The van der Waals surface area contributed by atoms with Gasteiger partial charge >= 0.3 is 17.5 Å². The average Bonchev–Trinajstić information content (AvgIpc) is 2.65. The summed E-state index contributed by atoms with van der Waals surface area (Å²) in [5.41, 5.74) is 2.92. The van der Waals surface area contributed by atoms with E-state index in [1.807, 2.05) is 5.43 Å². The summed E-state index contributed by atoms with van der Waals surface area (Å²) in [6.07, 6.45) is 1.09. The van der Waals surface area contributed by atoms with Crippen LogP contribution in [0.4, 0.5) is 11.4 Å². The maximum Gasteiger partial charge on any atom is 0.329 e. The standard InChI is InChI=1S/C18H18N4O6/c1-3-28-15-9-12(8-14(16(15)23)22(26)27)10-19-21-18(25)17(24)20-13-7-5-4-6-11(13)2/h4-10,23H,3H2,1-2H3,(H,20,24)(H,21,25)/b19-10-. The van der Waals surface area contributed by atoms with Crippen molar-refractivity contribution in [3.8, 4) is 11.5 Å². The SMILES string of the molecule is CCOc1cc(/C=N\NC(=O)C(=O)Nc2ccccc2C)cc([N+](=O)[O-])c1O. The van der Waals surface area contributed by atoms with E-state index < -0.39 is 28.2 Å². The zero-order valence-corrected chi connectivity index (χ0v) is 15.1. The molecule has 0 aliphatic heterocycles. The number of carbonyl (C=O) groups excluding carboxylic acids is 2. The molecule has 2 rings (SSSR count). The summed E-state index contributed by atoms with van der Waals surface area (Å²) >= 11 is 0. The number of ether oxygens (including phenoxy) is 1. The number of aryl methyl sites for hydroxylation is 1. The molecule has 0 aromatic heterocycles. The Hall–Kier alpha value is -3.95. The molecule has 0 saturated heterocycles. The highest BCUT2D eigenvalue weighted by atomic mass is 16.6. The number of rotatable bonds is 6. The first-order valence-corrected chi connectivity index (χ1v) is 8.17. The maximum atomic E-state index is 11.9. The predicted octanol–water partition coefficient (Wildman–Crippen LogP) is 2.10. The van der Waals surface area contributed by atoms with Crippen LogP contribution in [0.15, 0.2) is 41.5 Å². The number of hydrazone groups is 1. The van der Waals surface area contributed by atoms with Crippen molar-refractivity contribution in [2.45, 2.75) is 13.8 Å². The molecule has 0 atom stereocenters. The van der Waals surface area contributed by atoms with Gasteiger partial charge in [0, 0.05) is 17.3 Å². The highest BCUT2D eigenvalue weighted by Gasteiger charge is 2.20. The number of para-hydroxylation sites is 1. The van der Waals surface area contributed by atoms with E-state index in [1.54, 1.807) is 38.1 Å². The number of aromatic hydroxyl groups is 1. The molecule has 146 valence electrons. The van der Waals surface area contributed by atoms with E-state index in [2.05, 4.69) is 10.4 Å². The van der Waals surface area contributed by atoms with Gasteiger partial charge in [0.1, 0.15) is 0 Å². The minimum Gasteiger partial charge on any atom is -0.500 e. The lowest BCUT2D eigenvalue weighted by molar-refractivity contribution is -0.386. The molecule has 28 heavy (non-hydrogen) atoms. The number of nitrogens with one attached hydrogen (secondary N) is 2. The van der Waals surface area contributed by atoms with E-state index in [1.165, 1.54) is 6.07 Å². The van der Waals surface area contributed by atoms with Gasteiger partial charge in [-0.3, -0.25) is 19.7 Å². The Morgan fingerprint density at radius 3 is 2.64 bits per heavy atom. The van der Waals surface area contributed by atoms with Gasteiger partial charge in [0.25, 0.3) is 0 Å². The second-order valence-electron chi connectivity index (χ2n) is 5.55. The third-order valence-electron chi connectivity index (χ3n) is 3.55. The van der Waals surface area contributed by atoms with Gasteiger partial charge in [-0.1, -0.05) is 18.2 Å². The summed E-state index contributed by atoms with van der Waals surface area (Å²) in [5.74, 6) is -2.64. The summed E-state index contributed by atoms with van der Waals surface area (Å²) in [6.45, 7) is 3.61. The summed E-state index contributed by atoms with van der Waals surface area (Å²) < 4.78 is 5.14. The fraction of sp³-hybridized carbons (Fsp3) is 0.167. The van der Waals surface area contributed by atoms with E-state index in [9.17, 15) is 24.8 Å². The Kier molecular flexibility index (Phi) is 6.63. The van der Waals surface area contributed by atoms with Gasteiger partial charge in [-0.2, -0.15) is 5.10 Å². The Morgan fingerprint density at radius 2 is 2.00 bits per heavy atom. The first-order chi connectivity index (χ1) is 13.3. The number of phenolic OH excluding ortho intramolecular Hbond substituents is 1. The van der Waals surface area contributed by atoms with Crippen molar-refractivity contribution in [2.24, 2.45) is 5.10 Å². The van der Waals surface area contributed by atoms with Crippen molar-refractivity contribution >= 4 is 29.4 Å². The Morgan fingerprint density at radius 1 is 1.29 bits per heavy atom. The van der Waals surface area contributed by atoms with Crippen molar-refractivity contribution < 1.29 is 24.4 Å². The number of nitrogens with zero attached hydrogens (tertiary/aromatic N) is 2. The van der Waals surface area contributed by atoms with E-state index in [0.29, 0.717) is 5.69 Å². The van der Waals surface area contributed by atoms with Crippen LogP contribution in [0.3, 0.4) is 0 Å². The topological polar surface area (TPSA) is 143 Å². The molecule has 0 aliphatic rings. The number of hydrogen-bond acceptors (Lipinski definition) is 7. The fourth-order valence-electron chi connectivity index (χ4n) is 2.20. The Labute approximate surface area is 160 Å². The first kappa shape index (κ1) is 20.4. The third kappa shape index (κ3) is 5.04. The molecular weight excluding hydrogens is 368 g/mol. The number of nitro benzene ring substituents is 1. The molecule has 0 unspecified atom stereocenters. The minimum atomic E-state index is -1.02. The van der Waals surface area contributed by atoms with Crippen molar-refractivity contribution in [1.29, 1.82) is 0 Å². The van der Waals surface area contributed by atoms with E-state index in [-0.39, 0.29) is 17.9 Å². The van der Waals surface area contributed by atoms with Crippen LogP contribution < -0.4 is 15.5 Å². The quantitative estimate of drug-likeness (QED) is 0.300. The van der Waals surface area contributed by atoms with E-state index >= 15 is 0 Å². The first-order valence-electron chi connectivity index (χ1n) is 8.17. The normalized spacial score (nSPS) is 10.5. The molecular formula is C18H18N4O6. The largest absolute Gasteiger partial charge is 0.500 e. The van der Waals surface area contributed by atoms with Gasteiger partial charge in [0.15, 0.2) is 5.75 Å². The summed E-state index contributed by atoms with van der Waals surface area (Å²) in [6, 6.07) is 9.30. The Balaban J connectivity index is 2.09. The van der Waals surface area contributed by atoms with E-state index in [4.69, 9.17) is 4.74 Å². The smallest absolute Gasteiger partial charge is 0.329 e. The molecule has 2 aromatic rings. The second-order valence-corrected chi connectivity index (χ2v) is 5.55.